The third-order valence-electron chi connectivity index (χ3n) is 2.21. The summed E-state index contributed by atoms with van der Waals surface area (Å²) in [4.78, 5) is 0.352. The van der Waals surface area contributed by atoms with E-state index in [-0.39, 0.29) is 0 Å². The Kier molecular flexibility index (Phi) is 2.87. The molecule has 0 bridgehead atoms. The highest BCUT2D eigenvalue weighted by atomic mass is 79.9. The molecule has 5 heteroatoms. The van der Waals surface area contributed by atoms with Crippen LogP contribution in [0.4, 0.5) is 0 Å². The molecule has 1 N–H and O–H groups in total. The molecule has 0 heterocycles. The molecule has 15 heavy (non-hydrogen) atoms. The molecule has 0 saturated heterocycles. The Morgan fingerprint density at radius 1 is 1.33 bits per heavy atom. The van der Waals surface area contributed by atoms with Crippen LogP contribution in [0.1, 0.15) is 18.4 Å². The monoisotopic (exact) mass is 288 g/mol. The third-order valence-corrected chi connectivity index (χ3v) is 4.29. The van der Waals surface area contributed by atoms with E-state index in [2.05, 4.69) is 20.7 Å². The van der Waals surface area contributed by atoms with E-state index in [4.69, 9.17) is 0 Å². The maximum atomic E-state index is 11.9. The van der Waals surface area contributed by atoms with Crippen LogP contribution in [0.2, 0.25) is 0 Å². The average Bonchev–Trinajstić information content (AvgIpc) is 2.86. The Labute approximate surface area is 98.1 Å². The van der Waals surface area contributed by atoms with Crippen molar-refractivity contribution in [2.75, 3.05) is 0 Å². The molecule has 0 unspecified atom stereocenters. The Bertz CT molecular complexity index is 480. The number of rotatable bonds is 3. The topological polar surface area (TPSA) is 46.2 Å². The first kappa shape index (κ1) is 11.1. The Hall–Kier alpha value is -0.390. The molecule has 1 radical (unpaired) electrons. The van der Waals surface area contributed by atoms with Crippen LogP contribution in [0.15, 0.2) is 27.6 Å². The van der Waals surface area contributed by atoms with Crippen molar-refractivity contribution in [3.05, 3.63) is 34.3 Å². The first-order valence-corrected chi connectivity index (χ1v) is 6.90. The maximum Gasteiger partial charge on any atom is 0.241 e. The van der Waals surface area contributed by atoms with Gasteiger partial charge in [-0.2, -0.15) is 0 Å². The highest BCUT2D eigenvalue weighted by Gasteiger charge is 2.29. The SMILES string of the molecule is Cc1cc(Br)ccc1S(=O)(=O)N[C]1CC1. The van der Waals surface area contributed by atoms with E-state index in [1.807, 2.05) is 0 Å². The Morgan fingerprint density at radius 2 is 2.00 bits per heavy atom. The Morgan fingerprint density at radius 3 is 2.53 bits per heavy atom. The van der Waals surface area contributed by atoms with Crippen LogP contribution >= 0.6 is 15.9 Å². The fourth-order valence-electron chi connectivity index (χ4n) is 1.32. The summed E-state index contributed by atoms with van der Waals surface area (Å²) in [6, 6.07) is 6.05. The number of sulfonamides is 1. The van der Waals surface area contributed by atoms with Gasteiger partial charge < -0.3 is 0 Å². The van der Waals surface area contributed by atoms with Crippen molar-refractivity contribution < 1.29 is 8.42 Å². The van der Waals surface area contributed by atoms with Crippen LogP contribution in [0, 0.1) is 13.0 Å². The lowest BCUT2D eigenvalue weighted by Gasteiger charge is -2.08. The first-order chi connectivity index (χ1) is 6.99. The highest BCUT2D eigenvalue weighted by molar-refractivity contribution is 9.10. The summed E-state index contributed by atoms with van der Waals surface area (Å²) in [5.41, 5.74) is 0.748. The number of nitrogens with one attached hydrogen (secondary N) is 1. The molecule has 3 nitrogen and oxygen atoms in total. The van der Waals surface area contributed by atoms with Gasteiger partial charge in [-0.1, -0.05) is 15.9 Å². The van der Waals surface area contributed by atoms with Crippen molar-refractivity contribution in [2.45, 2.75) is 24.7 Å². The number of hydrogen-bond acceptors (Lipinski definition) is 2. The molecule has 0 aromatic heterocycles. The van der Waals surface area contributed by atoms with Gasteiger partial charge in [-0.3, -0.25) is 0 Å². The lowest BCUT2D eigenvalue weighted by Crippen LogP contribution is -2.22. The van der Waals surface area contributed by atoms with Gasteiger partial charge in [0, 0.05) is 4.47 Å². The lowest BCUT2D eigenvalue weighted by atomic mass is 10.2. The molecule has 0 aliphatic heterocycles. The summed E-state index contributed by atoms with van der Waals surface area (Å²) in [5, 5.41) is 0. The molecule has 1 aromatic carbocycles. The van der Waals surface area contributed by atoms with Crippen molar-refractivity contribution >= 4 is 26.0 Å². The highest BCUT2D eigenvalue weighted by Crippen LogP contribution is 2.31. The van der Waals surface area contributed by atoms with E-state index >= 15 is 0 Å². The molecule has 1 aliphatic carbocycles. The van der Waals surface area contributed by atoms with Crippen LogP contribution in [-0.4, -0.2) is 8.42 Å². The van der Waals surface area contributed by atoms with Gasteiger partial charge in [0.2, 0.25) is 10.0 Å². The zero-order valence-corrected chi connectivity index (χ0v) is 10.7. The van der Waals surface area contributed by atoms with Crippen molar-refractivity contribution in [2.24, 2.45) is 0 Å². The second-order valence-electron chi connectivity index (χ2n) is 3.62. The van der Waals surface area contributed by atoms with Gasteiger partial charge in [0.05, 0.1) is 10.9 Å². The molecular formula is C10H11BrNO2S. The fraction of sp³-hybridized carbons (Fsp3) is 0.300. The van der Waals surface area contributed by atoms with Crippen LogP contribution in [-0.2, 0) is 10.0 Å². The summed E-state index contributed by atoms with van der Waals surface area (Å²) in [6.07, 6.45) is 1.74. The van der Waals surface area contributed by atoms with E-state index in [0.29, 0.717) is 4.90 Å². The Balaban J connectivity index is 2.34. The summed E-state index contributed by atoms with van der Waals surface area (Å²) < 4.78 is 27.2. The molecule has 0 spiro atoms. The minimum atomic E-state index is -3.35. The van der Waals surface area contributed by atoms with E-state index in [1.54, 1.807) is 25.1 Å². The molecule has 1 aromatic rings. The standard InChI is InChI=1S/C10H11BrNO2S/c1-7-6-8(11)2-5-10(7)15(13,14)12-9-3-4-9/h2,5-6,12H,3-4H2,1H3. The third kappa shape index (κ3) is 2.59. The molecule has 1 fully saturated rings. The van der Waals surface area contributed by atoms with Crippen molar-refractivity contribution in [3.8, 4) is 0 Å². The number of aryl methyl sites for hydroxylation is 1. The maximum absolute atomic E-state index is 11.9. The largest absolute Gasteiger partial charge is 0.241 e. The van der Waals surface area contributed by atoms with Gasteiger partial charge in [0.1, 0.15) is 0 Å². The quantitative estimate of drug-likeness (QED) is 0.928. The molecular weight excluding hydrogens is 278 g/mol. The molecule has 1 saturated carbocycles. The summed E-state index contributed by atoms with van der Waals surface area (Å²) in [6.45, 7) is 1.79. The predicted molar refractivity (Wildman–Crippen MR) is 61.7 cm³/mol. The smallest absolute Gasteiger partial charge is 0.207 e. The van der Waals surface area contributed by atoms with Crippen LogP contribution in [0.3, 0.4) is 0 Å². The van der Waals surface area contributed by atoms with Gasteiger partial charge in [-0.25, -0.2) is 13.1 Å². The van der Waals surface area contributed by atoms with Crippen LogP contribution in [0.5, 0.6) is 0 Å². The summed E-state index contributed by atoms with van der Waals surface area (Å²) in [5.74, 6) is 0. The van der Waals surface area contributed by atoms with Gasteiger partial charge in [-0.15, -0.1) is 0 Å². The first-order valence-electron chi connectivity index (χ1n) is 4.63. The van der Waals surface area contributed by atoms with Crippen molar-refractivity contribution in [1.29, 1.82) is 0 Å². The van der Waals surface area contributed by atoms with E-state index in [1.165, 1.54) is 0 Å². The van der Waals surface area contributed by atoms with Crippen LogP contribution < -0.4 is 4.72 Å². The van der Waals surface area contributed by atoms with E-state index in [0.717, 1.165) is 28.9 Å². The predicted octanol–water partition coefficient (Wildman–Crippen LogP) is 2.36. The molecule has 0 atom stereocenters. The van der Waals surface area contributed by atoms with Crippen LogP contribution in [0.25, 0.3) is 0 Å². The van der Waals surface area contributed by atoms with E-state index in [9.17, 15) is 8.42 Å². The van der Waals surface area contributed by atoms with Crippen molar-refractivity contribution in [1.82, 2.24) is 4.72 Å². The molecule has 2 rings (SSSR count). The van der Waals surface area contributed by atoms with Gasteiger partial charge in [-0.05, 0) is 43.5 Å². The minimum absolute atomic E-state index is 0.352. The van der Waals surface area contributed by atoms with Gasteiger partial charge in [0.25, 0.3) is 0 Å². The number of halogens is 1. The average molecular weight is 289 g/mol. The molecule has 1 aliphatic rings. The van der Waals surface area contributed by atoms with Crippen molar-refractivity contribution in [3.63, 3.8) is 0 Å². The second kappa shape index (κ2) is 3.88. The normalized spacial score (nSPS) is 16.7. The zero-order valence-electron chi connectivity index (χ0n) is 8.25. The minimum Gasteiger partial charge on any atom is -0.207 e. The number of hydrogen-bond donors (Lipinski definition) is 1. The fourth-order valence-corrected chi connectivity index (χ4v) is 3.22. The molecule has 81 valence electrons. The second-order valence-corrected chi connectivity index (χ2v) is 6.19. The summed E-state index contributed by atoms with van der Waals surface area (Å²) in [7, 11) is -3.35. The lowest BCUT2D eigenvalue weighted by molar-refractivity contribution is 0.586. The van der Waals surface area contributed by atoms with Gasteiger partial charge >= 0.3 is 0 Å². The summed E-state index contributed by atoms with van der Waals surface area (Å²) >= 11 is 3.31. The molecule has 0 amide bonds. The van der Waals surface area contributed by atoms with Gasteiger partial charge in [0.15, 0.2) is 0 Å². The van der Waals surface area contributed by atoms with E-state index < -0.39 is 10.0 Å². The number of benzene rings is 1. The zero-order chi connectivity index (χ0) is 11.1.